The Morgan fingerprint density at radius 2 is 1.92 bits per heavy atom. The Labute approximate surface area is 142 Å². The zero-order valence-electron chi connectivity index (χ0n) is 13.4. The average Bonchev–Trinajstić information content (AvgIpc) is 3.30. The van der Waals surface area contributed by atoms with E-state index in [1.54, 1.807) is 21.6 Å². The van der Waals surface area contributed by atoms with Gasteiger partial charge in [-0.1, -0.05) is 0 Å². The first-order valence-corrected chi connectivity index (χ1v) is 8.24. The van der Waals surface area contributed by atoms with Gasteiger partial charge in [-0.25, -0.2) is 4.52 Å². The maximum atomic E-state index is 6.05. The third-order valence-corrected chi connectivity index (χ3v) is 4.43. The van der Waals surface area contributed by atoms with Crippen LogP contribution in [0.25, 0.3) is 11.3 Å². The minimum absolute atomic E-state index is 0.160. The molecule has 4 aromatic rings. The first-order chi connectivity index (χ1) is 12.3. The lowest BCUT2D eigenvalue weighted by Crippen LogP contribution is -2.39. The van der Waals surface area contributed by atoms with Crippen molar-refractivity contribution in [1.29, 1.82) is 0 Å². The molecule has 0 aromatic carbocycles. The van der Waals surface area contributed by atoms with E-state index in [-0.39, 0.29) is 6.10 Å². The summed E-state index contributed by atoms with van der Waals surface area (Å²) in [6.45, 7) is 1.78. The smallest absolute Gasteiger partial charge is 0.217 e. The van der Waals surface area contributed by atoms with Gasteiger partial charge in [0.25, 0.3) is 0 Å². The van der Waals surface area contributed by atoms with Crippen LogP contribution in [0.2, 0.25) is 0 Å². The van der Waals surface area contributed by atoms with Gasteiger partial charge in [0.2, 0.25) is 5.88 Å². The number of nitrogens with zero attached hydrogens (tertiary/aromatic N) is 8. The lowest BCUT2D eigenvalue weighted by molar-refractivity contribution is 0.164. The Bertz CT molecular complexity index is 1020. The second-order valence-corrected chi connectivity index (χ2v) is 6.03. The van der Waals surface area contributed by atoms with Crippen molar-refractivity contribution in [2.45, 2.75) is 18.9 Å². The van der Waals surface area contributed by atoms with E-state index < -0.39 is 0 Å². The Balaban J connectivity index is 1.25. The minimum atomic E-state index is 0.160. The van der Waals surface area contributed by atoms with Gasteiger partial charge in [0, 0.05) is 44.3 Å². The SMILES string of the molecule is c1cc2nc(OC3CCN(c4ccc5nncn5n4)CC3)ccn2n1. The normalized spacial score (nSPS) is 15.9. The number of anilines is 1. The molecule has 4 aromatic heterocycles. The summed E-state index contributed by atoms with van der Waals surface area (Å²) in [6, 6.07) is 7.64. The van der Waals surface area contributed by atoms with E-state index in [2.05, 4.69) is 30.3 Å². The van der Waals surface area contributed by atoms with Gasteiger partial charge in [0.15, 0.2) is 11.3 Å². The van der Waals surface area contributed by atoms with Gasteiger partial charge >= 0.3 is 0 Å². The van der Waals surface area contributed by atoms with Gasteiger partial charge in [-0.15, -0.1) is 15.3 Å². The number of rotatable bonds is 3. The summed E-state index contributed by atoms with van der Waals surface area (Å²) < 4.78 is 9.47. The van der Waals surface area contributed by atoms with Crippen LogP contribution in [0, 0.1) is 0 Å². The van der Waals surface area contributed by atoms with Crippen LogP contribution in [-0.2, 0) is 0 Å². The number of fused-ring (bicyclic) bond motifs is 2. The first-order valence-electron chi connectivity index (χ1n) is 8.24. The number of hydrogen-bond acceptors (Lipinski definition) is 7. The molecule has 9 nitrogen and oxygen atoms in total. The van der Waals surface area contributed by atoms with E-state index in [0.29, 0.717) is 5.88 Å². The van der Waals surface area contributed by atoms with Crippen LogP contribution in [0.3, 0.4) is 0 Å². The van der Waals surface area contributed by atoms with Gasteiger partial charge in [-0.05, 0) is 12.1 Å². The van der Waals surface area contributed by atoms with E-state index in [0.717, 1.165) is 43.0 Å². The highest BCUT2D eigenvalue weighted by Gasteiger charge is 2.22. The number of piperidine rings is 1. The third-order valence-electron chi connectivity index (χ3n) is 4.43. The molecule has 0 unspecified atom stereocenters. The Hall–Kier alpha value is -3.23. The van der Waals surface area contributed by atoms with Gasteiger partial charge in [-0.3, -0.25) is 0 Å². The summed E-state index contributed by atoms with van der Waals surface area (Å²) in [5.41, 5.74) is 1.55. The summed E-state index contributed by atoms with van der Waals surface area (Å²) in [6.07, 6.45) is 7.22. The van der Waals surface area contributed by atoms with Crippen molar-refractivity contribution in [3.63, 3.8) is 0 Å². The molecule has 0 N–H and O–H groups in total. The highest BCUT2D eigenvalue weighted by atomic mass is 16.5. The molecule has 0 bridgehead atoms. The van der Waals surface area contributed by atoms with Crippen molar-refractivity contribution in [3.8, 4) is 5.88 Å². The molecular formula is C16H16N8O. The maximum Gasteiger partial charge on any atom is 0.217 e. The van der Waals surface area contributed by atoms with Crippen molar-refractivity contribution >= 4 is 17.1 Å². The van der Waals surface area contributed by atoms with Gasteiger partial charge in [0.1, 0.15) is 18.2 Å². The topological polar surface area (TPSA) is 85.7 Å². The van der Waals surface area contributed by atoms with Crippen LogP contribution in [0.15, 0.2) is 43.0 Å². The quantitative estimate of drug-likeness (QED) is 0.556. The fourth-order valence-electron chi connectivity index (χ4n) is 3.12. The highest BCUT2D eigenvalue weighted by molar-refractivity contribution is 5.45. The van der Waals surface area contributed by atoms with Crippen LogP contribution in [0.1, 0.15) is 12.8 Å². The van der Waals surface area contributed by atoms with Crippen LogP contribution in [0.4, 0.5) is 5.82 Å². The maximum absolute atomic E-state index is 6.05. The summed E-state index contributed by atoms with van der Waals surface area (Å²) >= 11 is 0. The molecule has 1 saturated heterocycles. The van der Waals surface area contributed by atoms with E-state index in [9.17, 15) is 0 Å². The van der Waals surface area contributed by atoms with E-state index in [1.165, 1.54) is 0 Å². The monoisotopic (exact) mass is 336 g/mol. The van der Waals surface area contributed by atoms with Crippen molar-refractivity contribution in [1.82, 2.24) is 34.4 Å². The molecule has 1 aliphatic rings. The van der Waals surface area contributed by atoms with Gasteiger partial charge in [-0.2, -0.15) is 14.6 Å². The molecule has 5 heterocycles. The number of ether oxygens (including phenoxy) is 1. The predicted molar refractivity (Wildman–Crippen MR) is 89.6 cm³/mol. The zero-order valence-corrected chi connectivity index (χ0v) is 13.4. The van der Waals surface area contributed by atoms with Gasteiger partial charge in [0.05, 0.1) is 6.20 Å². The third kappa shape index (κ3) is 2.63. The predicted octanol–water partition coefficient (Wildman–Crippen LogP) is 1.21. The van der Waals surface area contributed by atoms with Gasteiger partial charge < -0.3 is 9.64 Å². The minimum Gasteiger partial charge on any atom is -0.474 e. The van der Waals surface area contributed by atoms with Crippen LogP contribution < -0.4 is 9.64 Å². The Morgan fingerprint density at radius 1 is 1.00 bits per heavy atom. The molecule has 0 spiro atoms. The van der Waals surface area contributed by atoms with Crippen molar-refractivity contribution in [2.24, 2.45) is 0 Å². The molecule has 0 amide bonds. The van der Waals surface area contributed by atoms with Crippen LogP contribution >= 0.6 is 0 Å². The van der Waals surface area contributed by atoms with Crippen molar-refractivity contribution < 1.29 is 4.74 Å². The fraction of sp³-hybridized carbons (Fsp3) is 0.312. The molecule has 1 fully saturated rings. The molecule has 9 heteroatoms. The Kier molecular flexibility index (Phi) is 3.22. The van der Waals surface area contributed by atoms with E-state index >= 15 is 0 Å². The molecule has 5 rings (SSSR count). The summed E-state index contributed by atoms with van der Waals surface area (Å²) in [5.74, 6) is 1.58. The van der Waals surface area contributed by atoms with Crippen LogP contribution in [0.5, 0.6) is 5.88 Å². The molecular weight excluding hydrogens is 320 g/mol. The summed E-state index contributed by atoms with van der Waals surface area (Å²) in [7, 11) is 0. The molecule has 25 heavy (non-hydrogen) atoms. The summed E-state index contributed by atoms with van der Waals surface area (Å²) in [5, 5.41) is 16.5. The largest absolute Gasteiger partial charge is 0.474 e. The molecule has 126 valence electrons. The van der Waals surface area contributed by atoms with Crippen molar-refractivity contribution in [3.05, 3.63) is 43.0 Å². The molecule has 0 radical (unpaired) electrons. The highest BCUT2D eigenvalue weighted by Crippen LogP contribution is 2.21. The molecule has 0 aliphatic carbocycles. The standard InChI is InChI=1S/C16H16N8O/c1-2-15(21-24-11-17-20-14(1)24)22-8-4-12(5-9-22)25-16-6-10-23-13(19-16)3-7-18-23/h1-3,6-7,10-12H,4-5,8-9H2. The lowest BCUT2D eigenvalue weighted by atomic mass is 10.1. The first kappa shape index (κ1) is 14.1. The van der Waals surface area contributed by atoms with Crippen LogP contribution in [-0.4, -0.2) is 53.6 Å². The molecule has 0 atom stereocenters. The summed E-state index contributed by atoms with van der Waals surface area (Å²) in [4.78, 5) is 6.73. The number of hydrogen-bond donors (Lipinski definition) is 0. The number of aromatic nitrogens is 7. The van der Waals surface area contributed by atoms with E-state index in [1.807, 2.05) is 30.5 Å². The second-order valence-electron chi connectivity index (χ2n) is 6.03. The molecule has 0 saturated carbocycles. The zero-order chi connectivity index (χ0) is 16.6. The van der Waals surface area contributed by atoms with E-state index in [4.69, 9.17) is 4.74 Å². The van der Waals surface area contributed by atoms with Crippen molar-refractivity contribution in [2.75, 3.05) is 18.0 Å². The Morgan fingerprint density at radius 3 is 2.84 bits per heavy atom. The second kappa shape index (κ2) is 5.69. The lowest BCUT2D eigenvalue weighted by Gasteiger charge is -2.32. The molecule has 1 aliphatic heterocycles. The average molecular weight is 336 g/mol. The fourth-order valence-corrected chi connectivity index (χ4v) is 3.12.